The van der Waals surface area contributed by atoms with Crippen LogP contribution in [0.25, 0.3) is 0 Å². The molecule has 5 nitrogen and oxygen atoms in total. The first kappa shape index (κ1) is 19.9. The van der Waals surface area contributed by atoms with Crippen LogP contribution < -0.4 is 4.74 Å². The number of hydrogen-bond donors (Lipinski definition) is 3. The maximum absolute atomic E-state index is 11.0. The van der Waals surface area contributed by atoms with Crippen molar-refractivity contribution in [2.24, 2.45) is 0 Å². The van der Waals surface area contributed by atoms with Crippen LogP contribution in [0.4, 0.5) is 0 Å². The second kappa shape index (κ2) is 8.44. The molecule has 1 aliphatic carbocycles. The van der Waals surface area contributed by atoms with E-state index in [2.05, 4.69) is 4.90 Å². The molecule has 1 aromatic carbocycles. The van der Waals surface area contributed by atoms with Gasteiger partial charge < -0.3 is 20.1 Å². The highest BCUT2D eigenvalue weighted by atomic mass is 35.5. The molecule has 1 heterocycles. The highest BCUT2D eigenvalue weighted by molar-refractivity contribution is 6.30. The molecule has 0 bridgehead atoms. The lowest BCUT2D eigenvalue weighted by molar-refractivity contribution is -0.148. The number of rotatable bonds is 5. The Balaban J connectivity index is 1.61. The Labute approximate surface area is 160 Å². The van der Waals surface area contributed by atoms with Gasteiger partial charge in [-0.3, -0.25) is 4.90 Å². The highest BCUT2D eigenvalue weighted by Gasteiger charge is 2.43. The van der Waals surface area contributed by atoms with E-state index in [1.54, 1.807) is 24.3 Å². The van der Waals surface area contributed by atoms with Crippen molar-refractivity contribution < 1.29 is 20.1 Å². The van der Waals surface area contributed by atoms with E-state index in [-0.39, 0.29) is 13.2 Å². The average Bonchev–Trinajstić information content (AvgIpc) is 2.81. The van der Waals surface area contributed by atoms with Crippen LogP contribution >= 0.6 is 11.6 Å². The minimum absolute atomic E-state index is 0.0105. The summed E-state index contributed by atoms with van der Waals surface area (Å²) >= 11 is 5.96. The molecule has 1 aliphatic heterocycles. The quantitative estimate of drug-likeness (QED) is 0.681. The molecule has 2 fully saturated rings. The van der Waals surface area contributed by atoms with Gasteiger partial charge in [-0.2, -0.15) is 0 Å². The number of benzene rings is 1. The van der Waals surface area contributed by atoms with Crippen LogP contribution in [0.3, 0.4) is 0 Å². The van der Waals surface area contributed by atoms with E-state index in [9.17, 15) is 15.3 Å². The second-order valence-electron chi connectivity index (χ2n) is 8.00. The standard InChI is InChI=1S/C20H30ClNO4/c21-16-6-5-7-17(12-16)26-15-20(25)14-22(11-8-18(20)23)13-19(24)9-3-1-2-4-10-19/h5-7,12,18,23-25H,1-4,8-11,13-15H2/t18-,20-/m0/s1. The zero-order chi connectivity index (χ0) is 18.6. The van der Waals surface area contributed by atoms with Gasteiger partial charge in [0.1, 0.15) is 18.0 Å². The van der Waals surface area contributed by atoms with Gasteiger partial charge >= 0.3 is 0 Å². The fraction of sp³-hybridized carbons (Fsp3) is 0.700. The van der Waals surface area contributed by atoms with Crippen molar-refractivity contribution in [1.82, 2.24) is 4.90 Å². The number of β-amino-alcohol motifs (C(OH)–C–C–N with tert-alkyl or cyclic N) is 2. The van der Waals surface area contributed by atoms with Crippen molar-refractivity contribution in [2.45, 2.75) is 62.3 Å². The molecule has 2 atom stereocenters. The smallest absolute Gasteiger partial charge is 0.137 e. The van der Waals surface area contributed by atoms with Crippen molar-refractivity contribution in [3.8, 4) is 5.75 Å². The van der Waals surface area contributed by atoms with Crippen molar-refractivity contribution >= 4 is 11.6 Å². The Kier molecular flexibility index (Phi) is 6.46. The third kappa shape index (κ3) is 5.11. The number of likely N-dealkylation sites (tertiary alicyclic amines) is 1. The largest absolute Gasteiger partial charge is 0.490 e. The summed E-state index contributed by atoms with van der Waals surface area (Å²) < 4.78 is 5.70. The molecule has 0 unspecified atom stereocenters. The fourth-order valence-corrected chi connectivity index (χ4v) is 4.33. The summed E-state index contributed by atoms with van der Waals surface area (Å²) in [6.45, 7) is 1.49. The monoisotopic (exact) mass is 383 g/mol. The molecule has 1 saturated carbocycles. The third-order valence-electron chi connectivity index (χ3n) is 5.67. The maximum Gasteiger partial charge on any atom is 0.137 e. The van der Waals surface area contributed by atoms with Gasteiger partial charge in [0.05, 0.1) is 11.7 Å². The van der Waals surface area contributed by atoms with Crippen LogP contribution in [0.5, 0.6) is 5.75 Å². The summed E-state index contributed by atoms with van der Waals surface area (Å²) in [7, 11) is 0. The topological polar surface area (TPSA) is 73.2 Å². The SMILES string of the molecule is O[C@H]1CCN(CC2(O)CCCCCC2)C[C@]1(O)COc1cccc(Cl)c1. The number of piperidine rings is 1. The minimum atomic E-state index is -1.36. The number of halogens is 1. The zero-order valence-corrected chi connectivity index (χ0v) is 16.0. The Bertz CT molecular complexity index is 591. The molecule has 0 amide bonds. The van der Waals surface area contributed by atoms with E-state index in [0.29, 0.717) is 30.3 Å². The Hall–Kier alpha value is -0.850. The van der Waals surface area contributed by atoms with E-state index in [0.717, 1.165) is 25.7 Å². The highest BCUT2D eigenvalue weighted by Crippen LogP contribution is 2.31. The third-order valence-corrected chi connectivity index (χ3v) is 5.91. The van der Waals surface area contributed by atoms with E-state index in [1.807, 2.05) is 0 Å². The van der Waals surface area contributed by atoms with Gasteiger partial charge in [0.2, 0.25) is 0 Å². The van der Waals surface area contributed by atoms with Gasteiger partial charge in [-0.05, 0) is 37.5 Å². The molecule has 0 aromatic heterocycles. The number of aliphatic hydroxyl groups excluding tert-OH is 1. The molecule has 1 aromatic rings. The molecule has 146 valence electrons. The van der Waals surface area contributed by atoms with Crippen LogP contribution in [-0.2, 0) is 0 Å². The molecular weight excluding hydrogens is 354 g/mol. The number of ether oxygens (including phenoxy) is 1. The Morgan fingerprint density at radius 2 is 1.88 bits per heavy atom. The predicted octanol–water partition coefficient (Wildman–Crippen LogP) is 2.60. The predicted molar refractivity (Wildman–Crippen MR) is 102 cm³/mol. The van der Waals surface area contributed by atoms with Crippen molar-refractivity contribution in [2.75, 3.05) is 26.2 Å². The molecule has 0 spiro atoms. The van der Waals surface area contributed by atoms with Gasteiger partial charge in [0, 0.05) is 24.7 Å². The number of hydrogen-bond acceptors (Lipinski definition) is 5. The lowest BCUT2D eigenvalue weighted by Crippen LogP contribution is -2.61. The van der Waals surface area contributed by atoms with E-state index in [4.69, 9.17) is 16.3 Å². The summed E-state index contributed by atoms with van der Waals surface area (Å²) in [6.07, 6.45) is 5.70. The van der Waals surface area contributed by atoms with Crippen molar-refractivity contribution in [3.63, 3.8) is 0 Å². The van der Waals surface area contributed by atoms with Crippen LogP contribution in [0.2, 0.25) is 5.02 Å². The lowest BCUT2D eigenvalue weighted by Gasteiger charge is -2.44. The summed E-state index contributed by atoms with van der Waals surface area (Å²) in [6, 6.07) is 7.00. The van der Waals surface area contributed by atoms with Gasteiger partial charge in [-0.15, -0.1) is 0 Å². The van der Waals surface area contributed by atoms with E-state index in [1.165, 1.54) is 12.8 Å². The first-order valence-corrected chi connectivity index (χ1v) is 10.00. The molecule has 2 aliphatic rings. The summed E-state index contributed by atoms with van der Waals surface area (Å²) in [5.74, 6) is 0.567. The van der Waals surface area contributed by atoms with Crippen LogP contribution in [-0.4, -0.2) is 63.8 Å². The lowest BCUT2D eigenvalue weighted by atomic mass is 9.87. The second-order valence-corrected chi connectivity index (χ2v) is 8.44. The molecule has 0 radical (unpaired) electrons. The van der Waals surface area contributed by atoms with Crippen molar-refractivity contribution in [1.29, 1.82) is 0 Å². The molecule has 3 rings (SSSR count). The molecule has 6 heteroatoms. The summed E-state index contributed by atoms with van der Waals surface area (Å²) in [5, 5.41) is 32.8. The molecular formula is C20H30ClNO4. The van der Waals surface area contributed by atoms with E-state index >= 15 is 0 Å². The fourth-order valence-electron chi connectivity index (χ4n) is 4.15. The number of aliphatic hydroxyl groups is 3. The zero-order valence-electron chi connectivity index (χ0n) is 15.2. The summed E-state index contributed by atoms with van der Waals surface area (Å²) in [5.41, 5.74) is -2.05. The van der Waals surface area contributed by atoms with Gasteiger partial charge in [0.25, 0.3) is 0 Å². The molecule has 26 heavy (non-hydrogen) atoms. The Morgan fingerprint density at radius 3 is 2.58 bits per heavy atom. The van der Waals surface area contributed by atoms with Gasteiger partial charge in [-0.25, -0.2) is 0 Å². The van der Waals surface area contributed by atoms with Crippen molar-refractivity contribution in [3.05, 3.63) is 29.3 Å². The molecule has 3 N–H and O–H groups in total. The first-order chi connectivity index (χ1) is 12.4. The number of nitrogens with zero attached hydrogens (tertiary/aromatic N) is 1. The van der Waals surface area contributed by atoms with Crippen LogP contribution in [0.1, 0.15) is 44.9 Å². The van der Waals surface area contributed by atoms with Crippen LogP contribution in [0.15, 0.2) is 24.3 Å². The molecule has 1 saturated heterocycles. The van der Waals surface area contributed by atoms with Crippen LogP contribution in [0, 0.1) is 0 Å². The van der Waals surface area contributed by atoms with Gasteiger partial charge in [0.15, 0.2) is 0 Å². The average molecular weight is 384 g/mol. The van der Waals surface area contributed by atoms with E-state index < -0.39 is 17.3 Å². The summed E-state index contributed by atoms with van der Waals surface area (Å²) in [4.78, 5) is 2.07. The Morgan fingerprint density at radius 1 is 1.15 bits per heavy atom. The van der Waals surface area contributed by atoms with Gasteiger partial charge in [-0.1, -0.05) is 43.4 Å². The first-order valence-electron chi connectivity index (χ1n) is 9.62. The maximum atomic E-state index is 11.0. The normalized spacial score (nSPS) is 29.9. The minimum Gasteiger partial charge on any atom is -0.490 e.